The van der Waals surface area contributed by atoms with E-state index in [0.29, 0.717) is 18.4 Å². The van der Waals surface area contributed by atoms with Crippen molar-refractivity contribution in [2.45, 2.75) is 51.7 Å². The van der Waals surface area contributed by atoms with Gasteiger partial charge < -0.3 is 4.90 Å². The Labute approximate surface area is 160 Å². The second-order valence-corrected chi connectivity index (χ2v) is 8.61. The zero-order valence-electron chi connectivity index (χ0n) is 15.3. The minimum atomic E-state index is 0.000337. The van der Waals surface area contributed by atoms with E-state index in [4.69, 9.17) is 4.98 Å². The Hall–Kier alpha value is -2.54. The van der Waals surface area contributed by atoms with Crippen molar-refractivity contribution >= 4 is 28.1 Å². The van der Waals surface area contributed by atoms with Gasteiger partial charge in [-0.25, -0.2) is 9.97 Å². The molecule has 2 atom stereocenters. The first-order chi connectivity index (χ1) is 13.0. The van der Waals surface area contributed by atoms with Crippen molar-refractivity contribution in [3.8, 4) is 0 Å². The Morgan fingerprint density at radius 2 is 1.93 bits per heavy atom. The number of aromatic nitrogens is 3. The number of hydrogen-bond donors (Lipinski definition) is 0. The van der Waals surface area contributed by atoms with Crippen molar-refractivity contribution in [1.29, 1.82) is 0 Å². The highest BCUT2D eigenvalue weighted by Crippen LogP contribution is 2.33. The molecule has 2 aliphatic heterocycles. The number of para-hydroxylation sites is 1. The van der Waals surface area contributed by atoms with E-state index in [2.05, 4.69) is 4.98 Å². The van der Waals surface area contributed by atoms with Crippen LogP contribution < -0.4 is 5.56 Å². The molecule has 2 bridgehead atoms. The first kappa shape index (κ1) is 16.6. The van der Waals surface area contributed by atoms with E-state index in [1.165, 1.54) is 11.3 Å². The molecule has 1 aromatic carbocycles. The number of benzene rings is 1. The van der Waals surface area contributed by atoms with E-state index in [9.17, 15) is 9.59 Å². The van der Waals surface area contributed by atoms with Crippen LogP contribution in [0, 0.1) is 13.8 Å². The molecule has 3 aromatic rings. The van der Waals surface area contributed by atoms with Gasteiger partial charge in [0.05, 0.1) is 27.6 Å². The minimum Gasteiger partial charge on any atom is -0.330 e. The first-order valence-corrected chi connectivity index (χ1v) is 10.1. The number of amides is 1. The molecule has 1 fully saturated rings. The number of fused-ring (bicyclic) bond motifs is 4. The summed E-state index contributed by atoms with van der Waals surface area (Å²) in [4.78, 5) is 38.2. The van der Waals surface area contributed by atoms with Crippen LogP contribution in [0.4, 0.5) is 0 Å². The highest BCUT2D eigenvalue weighted by atomic mass is 32.1. The molecule has 2 aliphatic rings. The van der Waals surface area contributed by atoms with E-state index < -0.39 is 0 Å². The Balaban J connectivity index is 1.59. The van der Waals surface area contributed by atoms with Gasteiger partial charge in [-0.1, -0.05) is 12.1 Å². The maximum Gasteiger partial charge on any atom is 0.266 e. The Kier molecular flexibility index (Phi) is 3.69. The number of aryl methyl sites for hydroxylation is 2. The molecule has 6 nitrogen and oxygen atoms in total. The van der Waals surface area contributed by atoms with Gasteiger partial charge >= 0.3 is 0 Å². The van der Waals surface area contributed by atoms with Gasteiger partial charge in [0.15, 0.2) is 0 Å². The zero-order valence-corrected chi connectivity index (χ0v) is 16.1. The average molecular weight is 380 g/mol. The molecule has 0 aliphatic carbocycles. The van der Waals surface area contributed by atoms with Crippen molar-refractivity contribution < 1.29 is 4.79 Å². The van der Waals surface area contributed by atoms with E-state index in [1.54, 1.807) is 4.57 Å². The molecule has 5 rings (SSSR count). The molecule has 4 heterocycles. The number of thiazole rings is 1. The maximum atomic E-state index is 13.3. The molecule has 27 heavy (non-hydrogen) atoms. The van der Waals surface area contributed by atoms with Gasteiger partial charge in [-0.2, -0.15) is 0 Å². The van der Waals surface area contributed by atoms with Crippen LogP contribution in [0.5, 0.6) is 0 Å². The van der Waals surface area contributed by atoms with Crippen LogP contribution >= 0.6 is 11.3 Å². The molecule has 1 saturated heterocycles. The van der Waals surface area contributed by atoms with Crippen LogP contribution in [0.1, 0.15) is 39.0 Å². The standard InChI is InChI=1S/C20H20N4O2S/c1-11-18(27-12(2)21-11)20(26)24-13-7-8-14(24)10-23-17(9-13)22-16-6-4-3-5-15(16)19(23)25/h3-6,13-14H,7-10H2,1-2H3. The van der Waals surface area contributed by atoms with Crippen LogP contribution in [-0.2, 0) is 13.0 Å². The van der Waals surface area contributed by atoms with Gasteiger partial charge in [-0.3, -0.25) is 14.2 Å². The third-order valence-corrected chi connectivity index (χ3v) is 6.77. The summed E-state index contributed by atoms with van der Waals surface area (Å²) in [7, 11) is 0. The SMILES string of the molecule is Cc1nc(C)c(C(=O)N2C3CCC2Cn2c(nc4ccccc4c2=O)C3)s1. The first-order valence-electron chi connectivity index (χ1n) is 9.28. The van der Waals surface area contributed by atoms with Gasteiger partial charge in [0, 0.05) is 19.0 Å². The topological polar surface area (TPSA) is 68.1 Å². The number of nitrogens with zero attached hydrogens (tertiary/aromatic N) is 4. The fourth-order valence-electron chi connectivity index (χ4n) is 4.50. The summed E-state index contributed by atoms with van der Waals surface area (Å²) >= 11 is 1.46. The largest absolute Gasteiger partial charge is 0.330 e. The fraction of sp³-hybridized carbons (Fsp3) is 0.400. The average Bonchev–Trinajstić information content (AvgIpc) is 3.13. The van der Waals surface area contributed by atoms with Crippen molar-refractivity contribution in [3.05, 3.63) is 56.0 Å². The molecular weight excluding hydrogens is 360 g/mol. The van der Waals surface area contributed by atoms with E-state index in [0.717, 1.165) is 39.8 Å². The maximum absolute atomic E-state index is 13.3. The predicted octanol–water partition coefficient (Wildman–Crippen LogP) is 2.70. The number of carbonyl (C=O) groups excluding carboxylic acids is 1. The summed E-state index contributed by atoms with van der Waals surface area (Å²) in [5.74, 6) is 0.844. The molecule has 0 spiro atoms. The summed E-state index contributed by atoms with van der Waals surface area (Å²) in [6.45, 7) is 4.34. The predicted molar refractivity (Wildman–Crippen MR) is 104 cm³/mol. The van der Waals surface area contributed by atoms with Crippen molar-refractivity contribution in [2.24, 2.45) is 0 Å². The van der Waals surface area contributed by atoms with Crippen molar-refractivity contribution in [1.82, 2.24) is 19.4 Å². The zero-order chi connectivity index (χ0) is 18.7. The fourth-order valence-corrected chi connectivity index (χ4v) is 5.36. The Morgan fingerprint density at radius 1 is 1.15 bits per heavy atom. The molecule has 1 amide bonds. The van der Waals surface area contributed by atoms with Crippen LogP contribution in [0.2, 0.25) is 0 Å². The monoisotopic (exact) mass is 380 g/mol. The van der Waals surface area contributed by atoms with Gasteiger partial charge in [-0.15, -0.1) is 11.3 Å². The molecule has 7 heteroatoms. The minimum absolute atomic E-state index is 0.000337. The van der Waals surface area contributed by atoms with Gasteiger partial charge in [-0.05, 0) is 38.8 Å². The molecule has 0 radical (unpaired) electrons. The van der Waals surface area contributed by atoms with Crippen molar-refractivity contribution in [2.75, 3.05) is 0 Å². The van der Waals surface area contributed by atoms with Crippen LogP contribution in [0.25, 0.3) is 10.9 Å². The van der Waals surface area contributed by atoms with Gasteiger partial charge in [0.25, 0.3) is 11.5 Å². The van der Waals surface area contributed by atoms with Crippen LogP contribution in [0.15, 0.2) is 29.1 Å². The lowest BCUT2D eigenvalue weighted by Gasteiger charge is -2.27. The smallest absolute Gasteiger partial charge is 0.266 e. The Bertz CT molecular complexity index is 1130. The van der Waals surface area contributed by atoms with Crippen molar-refractivity contribution in [3.63, 3.8) is 0 Å². The third-order valence-electron chi connectivity index (χ3n) is 5.70. The number of carbonyl (C=O) groups is 1. The molecule has 2 aromatic heterocycles. The third kappa shape index (κ3) is 2.52. The lowest BCUT2D eigenvalue weighted by molar-refractivity contribution is 0.0670. The normalized spacial score (nSPS) is 21.3. The molecule has 138 valence electrons. The summed E-state index contributed by atoms with van der Waals surface area (Å²) in [5.41, 5.74) is 1.53. The quantitative estimate of drug-likeness (QED) is 0.651. The number of hydrogen-bond acceptors (Lipinski definition) is 5. The molecule has 2 unspecified atom stereocenters. The van der Waals surface area contributed by atoms with E-state index in [-0.39, 0.29) is 23.6 Å². The summed E-state index contributed by atoms with van der Waals surface area (Å²) in [5, 5.41) is 1.55. The molecular formula is C20H20N4O2S. The Morgan fingerprint density at radius 3 is 2.70 bits per heavy atom. The number of rotatable bonds is 1. The lowest BCUT2D eigenvalue weighted by Crippen LogP contribution is -2.42. The summed E-state index contributed by atoms with van der Waals surface area (Å²) < 4.78 is 1.79. The summed E-state index contributed by atoms with van der Waals surface area (Å²) in [6, 6.07) is 7.60. The second kappa shape index (κ2) is 5.99. The highest BCUT2D eigenvalue weighted by molar-refractivity contribution is 7.13. The lowest BCUT2D eigenvalue weighted by atomic mass is 10.1. The van der Waals surface area contributed by atoms with Crippen LogP contribution in [-0.4, -0.2) is 37.4 Å². The molecule has 0 saturated carbocycles. The van der Waals surface area contributed by atoms with E-state index in [1.807, 2.05) is 43.0 Å². The summed E-state index contributed by atoms with van der Waals surface area (Å²) in [6.07, 6.45) is 2.50. The van der Waals surface area contributed by atoms with E-state index >= 15 is 0 Å². The highest BCUT2D eigenvalue weighted by Gasteiger charge is 2.41. The van der Waals surface area contributed by atoms with Gasteiger partial charge in [0.2, 0.25) is 0 Å². The van der Waals surface area contributed by atoms with Crippen LogP contribution in [0.3, 0.4) is 0 Å². The second-order valence-electron chi connectivity index (χ2n) is 7.41. The van der Waals surface area contributed by atoms with Gasteiger partial charge in [0.1, 0.15) is 10.7 Å². The molecule has 0 N–H and O–H groups in total.